The molecule has 20 heavy (non-hydrogen) atoms. The van der Waals surface area contributed by atoms with Crippen molar-refractivity contribution in [2.75, 3.05) is 0 Å². The average Bonchev–Trinajstić information content (AvgIpc) is 2.52. The first-order chi connectivity index (χ1) is 9.83. The molecule has 0 aromatic rings. The van der Waals surface area contributed by atoms with Gasteiger partial charge in [-0.3, -0.25) is 0 Å². The Labute approximate surface area is 126 Å². The molecular weight excluding hydrogens is 242 g/mol. The first-order valence-electron chi connectivity index (χ1n) is 9.23. The third kappa shape index (κ3) is 4.80. The van der Waals surface area contributed by atoms with Crippen molar-refractivity contribution in [1.82, 2.24) is 0 Å². The molecule has 114 valence electrons. The highest BCUT2D eigenvalue weighted by molar-refractivity contribution is 4.90. The van der Waals surface area contributed by atoms with Crippen LogP contribution in [0.2, 0.25) is 0 Å². The maximum atomic E-state index is 9.14. The molecule has 0 aromatic carbocycles. The normalized spacial score (nSPS) is 34.6. The van der Waals surface area contributed by atoms with E-state index in [2.05, 4.69) is 13.0 Å². The van der Waals surface area contributed by atoms with Gasteiger partial charge in [0.15, 0.2) is 0 Å². The summed E-state index contributed by atoms with van der Waals surface area (Å²) in [5, 5.41) is 9.14. The molecule has 1 nitrogen and oxygen atoms in total. The molecule has 2 saturated carbocycles. The fraction of sp³-hybridized carbons (Fsp3) is 0.947. The molecule has 0 aliphatic heterocycles. The van der Waals surface area contributed by atoms with E-state index in [1.165, 1.54) is 83.5 Å². The lowest BCUT2D eigenvalue weighted by molar-refractivity contribution is 0.149. The lowest BCUT2D eigenvalue weighted by Gasteiger charge is -2.37. The maximum Gasteiger partial charge on any atom is 0.0655 e. The molecule has 2 aliphatic carbocycles. The lowest BCUT2D eigenvalue weighted by Crippen LogP contribution is -2.26. The monoisotopic (exact) mass is 275 g/mol. The highest BCUT2D eigenvalue weighted by Gasteiger charge is 2.31. The van der Waals surface area contributed by atoms with Gasteiger partial charge >= 0.3 is 0 Å². The second kappa shape index (κ2) is 8.71. The van der Waals surface area contributed by atoms with E-state index in [0.717, 1.165) is 17.8 Å². The number of nitriles is 1. The Morgan fingerprint density at radius 3 is 2.40 bits per heavy atom. The lowest BCUT2D eigenvalue weighted by atomic mass is 9.68. The number of rotatable bonds is 6. The predicted octanol–water partition coefficient (Wildman–Crippen LogP) is 6.09. The minimum atomic E-state index is 0.375. The summed E-state index contributed by atoms with van der Waals surface area (Å²) >= 11 is 0. The molecule has 0 saturated heterocycles. The minimum absolute atomic E-state index is 0.375. The molecule has 2 fully saturated rings. The molecule has 0 radical (unpaired) electrons. The molecule has 0 heterocycles. The van der Waals surface area contributed by atoms with E-state index in [1.54, 1.807) is 0 Å². The molecule has 0 unspecified atom stereocenters. The van der Waals surface area contributed by atoms with E-state index in [1.807, 2.05) is 0 Å². The van der Waals surface area contributed by atoms with Crippen LogP contribution in [0.15, 0.2) is 0 Å². The van der Waals surface area contributed by atoms with E-state index in [9.17, 15) is 0 Å². The zero-order valence-electron chi connectivity index (χ0n) is 13.4. The first-order valence-corrected chi connectivity index (χ1v) is 9.23. The van der Waals surface area contributed by atoms with Crippen molar-refractivity contribution < 1.29 is 0 Å². The van der Waals surface area contributed by atoms with Crippen LogP contribution in [0.5, 0.6) is 0 Å². The fourth-order valence-electron chi connectivity index (χ4n) is 4.58. The van der Waals surface area contributed by atoms with E-state index >= 15 is 0 Å². The standard InChI is InChI=1S/C19H33N/c1-2-3-4-5-7-16-10-12-18(13-11-16)19-9-6-8-17(14-19)15-20/h16-19H,2-14H2,1H3/t16?,17-,18?,19-/m1/s1. The highest BCUT2D eigenvalue weighted by atomic mass is 14.4. The average molecular weight is 275 g/mol. The first kappa shape index (κ1) is 15.9. The minimum Gasteiger partial charge on any atom is -0.198 e. The van der Waals surface area contributed by atoms with E-state index < -0.39 is 0 Å². The summed E-state index contributed by atoms with van der Waals surface area (Å²) < 4.78 is 0. The van der Waals surface area contributed by atoms with Gasteiger partial charge in [-0.15, -0.1) is 0 Å². The largest absolute Gasteiger partial charge is 0.198 e. The molecule has 0 N–H and O–H groups in total. The van der Waals surface area contributed by atoms with E-state index in [4.69, 9.17) is 5.26 Å². The van der Waals surface area contributed by atoms with Crippen molar-refractivity contribution >= 4 is 0 Å². The Kier molecular flexibility index (Phi) is 6.91. The summed E-state index contributed by atoms with van der Waals surface area (Å²) in [5.74, 6) is 3.24. The molecule has 0 bridgehead atoms. The van der Waals surface area contributed by atoms with Gasteiger partial charge in [0, 0.05) is 5.92 Å². The van der Waals surface area contributed by atoms with Crippen molar-refractivity contribution in [3.63, 3.8) is 0 Å². The van der Waals surface area contributed by atoms with Gasteiger partial charge < -0.3 is 0 Å². The third-order valence-corrected chi connectivity index (χ3v) is 5.92. The van der Waals surface area contributed by atoms with Gasteiger partial charge in [0.1, 0.15) is 0 Å². The van der Waals surface area contributed by atoms with E-state index in [-0.39, 0.29) is 0 Å². The topological polar surface area (TPSA) is 23.8 Å². The molecule has 1 heteroatoms. The van der Waals surface area contributed by atoms with E-state index in [0.29, 0.717) is 5.92 Å². The number of nitrogens with zero attached hydrogens (tertiary/aromatic N) is 1. The Bertz CT molecular complexity index is 295. The number of hydrogen-bond donors (Lipinski definition) is 0. The Balaban J connectivity index is 1.65. The van der Waals surface area contributed by atoms with Crippen LogP contribution in [0.4, 0.5) is 0 Å². The van der Waals surface area contributed by atoms with Crippen LogP contribution in [0, 0.1) is 35.0 Å². The van der Waals surface area contributed by atoms with Gasteiger partial charge in [-0.25, -0.2) is 0 Å². The van der Waals surface area contributed by atoms with Crippen LogP contribution in [0.1, 0.15) is 90.4 Å². The molecule has 2 aliphatic rings. The summed E-state index contributed by atoms with van der Waals surface area (Å²) in [6.45, 7) is 2.30. The van der Waals surface area contributed by atoms with Crippen LogP contribution in [-0.4, -0.2) is 0 Å². The van der Waals surface area contributed by atoms with Gasteiger partial charge in [0.2, 0.25) is 0 Å². The van der Waals surface area contributed by atoms with Crippen molar-refractivity contribution in [2.24, 2.45) is 23.7 Å². The molecule has 2 rings (SSSR count). The van der Waals surface area contributed by atoms with Gasteiger partial charge in [-0.2, -0.15) is 5.26 Å². The van der Waals surface area contributed by atoms with Crippen LogP contribution >= 0.6 is 0 Å². The molecule has 0 spiro atoms. The van der Waals surface area contributed by atoms with Gasteiger partial charge in [-0.1, -0.05) is 64.7 Å². The molecular formula is C19H33N. The molecule has 0 amide bonds. The van der Waals surface area contributed by atoms with Gasteiger partial charge in [-0.05, 0) is 43.4 Å². The number of unbranched alkanes of at least 4 members (excludes halogenated alkanes) is 3. The van der Waals surface area contributed by atoms with Crippen LogP contribution < -0.4 is 0 Å². The summed E-state index contributed by atoms with van der Waals surface area (Å²) in [6, 6.07) is 2.52. The second-order valence-electron chi connectivity index (χ2n) is 7.38. The third-order valence-electron chi connectivity index (χ3n) is 5.92. The maximum absolute atomic E-state index is 9.14. The summed E-state index contributed by atoms with van der Waals surface area (Å²) in [4.78, 5) is 0. The van der Waals surface area contributed by atoms with Crippen LogP contribution in [0.3, 0.4) is 0 Å². The second-order valence-corrected chi connectivity index (χ2v) is 7.38. The fourth-order valence-corrected chi connectivity index (χ4v) is 4.58. The van der Waals surface area contributed by atoms with Crippen LogP contribution in [0.25, 0.3) is 0 Å². The zero-order valence-corrected chi connectivity index (χ0v) is 13.4. The molecule has 0 aromatic heterocycles. The number of hydrogen-bond acceptors (Lipinski definition) is 1. The predicted molar refractivity (Wildman–Crippen MR) is 85.3 cm³/mol. The highest BCUT2D eigenvalue weighted by Crippen LogP contribution is 2.42. The van der Waals surface area contributed by atoms with Crippen LogP contribution in [-0.2, 0) is 0 Å². The smallest absolute Gasteiger partial charge is 0.0655 e. The zero-order chi connectivity index (χ0) is 14.2. The SMILES string of the molecule is CCCCCCC1CCC([C@@H]2CCC[C@@H](C#N)C2)CC1. The van der Waals surface area contributed by atoms with Crippen molar-refractivity contribution in [3.8, 4) is 6.07 Å². The Morgan fingerprint density at radius 2 is 1.70 bits per heavy atom. The molecule has 2 atom stereocenters. The summed E-state index contributed by atoms with van der Waals surface area (Å²) in [7, 11) is 0. The summed E-state index contributed by atoms with van der Waals surface area (Å²) in [5.41, 5.74) is 0. The quantitative estimate of drug-likeness (QED) is 0.538. The summed E-state index contributed by atoms with van der Waals surface area (Å²) in [6.07, 6.45) is 18.1. The van der Waals surface area contributed by atoms with Crippen molar-refractivity contribution in [2.45, 2.75) is 90.4 Å². The van der Waals surface area contributed by atoms with Crippen molar-refractivity contribution in [3.05, 3.63) is 0 Å². The van der Waals surface area contributed by atoms with Crippen molar-refractivity contribution in [1.29, 1.82) is 5.26 Å². The Morgan fingerprint density at radius 1 is 0.900 bits per heavy atom. The Hall–Kier alpha value is -0.510. The van der Waals surface area contributed by atoms with Gasteiger partial charge in [0.25, 0.3) is 0 Å². The van der Waals surface area contributed by atoms with Gasteiger partial charge in [0.05, 0.1) is 6.07 Å².